The van der Waals surface area contributed by atoms with Crippen molar-refractivity contribution in [2.45, 2.75) is 32.3 Å². The van der Waals surface area contributed by atoms with Gasteiger partial charge in [-0.25, -0.2) is 0 Å². The molecular formula is C20H19N2O3+. The van der Waals surface area contributed by atoms with Crippen LogP contribution in [0.2, 0.25) is 0 Å². The largest absolute Gasteiger partial charge is 0.409 e. The molecule has 1 N–H and O–H groups in total. The Balaban J connectivity index is 1.68. The first-order chi connectivity index (χ1) is 12.3. The molecule has 0 saturated heterocycles. The van der Waals surface area contributed by atoms with Gasteiger partial charge >= 0.3 is 11.9 Å². The van der Waals surface area contributed by atoms with Crippen LogP contribution in [-0.2, 0) is 19.4 Å². The molecule has 2 aromatic heterocycles. The zero-order valence-electron chi connectivity index (χ0n) is 13.8. The molecule has 5 nitrogen and oxygen atoms in total. The first kappa shape index (κ1) is 14.4. The van der Waals surface area contributed by atoms with Gasteiger partial charge in [-0.3, -0.25) is 5.21 Å². The summed E-state index contributed by atoms with van der Waals surface area (Å²) < 4.78 is 8.65. The Bertz CT molecular complexity index is 1060. The SMILES string of the molecule is O[n+]1coc2c3c4c(n(OCc5ccccc5)c3ccc21)CCCC4. The van der Waals surface area contributed by atoms with Gasteiger partial charge in [0.1, 0.15) is 6.61 Å². The summed E-state index contributed by atoms with van der Waals surface area (Å²) in [5.74, 6) is 0. The molecule has 1 aliphatic rings. The van der Waals surface area contributed by atoms with E-state index in [0.717, 1.165) is 39.6 Å². The van der Waals surface area contributed by atoms with Crippen molar-refractivity contribution in [3.8, 4) is 0 Å². The molecule has 5 heteroatoms. The second-order valence-electron chi connectivity index (χ2n) is 6.56. The predicted octanol–water partition coefficient (Wildman–Crippen LogP) is 3.42. The molecule has 4 aromatic rings. The van der Waals surface area contributed by atoms with E-state index in [2.05, 4.69) is 12.1 Å². The fraction of sp³-hybridized carbons (Fsp3) is 0.250. The second-order valence-corrected chi connectivity index (χ2v) is 6.56. The maximum Gasteiger partial charge on any atom is 0.385 e. The van der Waals surface area contributed by atoms with Crippen molar-refractivity contribution in [2.24, 2.45) is 0 Å². The monoisotopic (exact) mass is 335 g/mol. The summed E-state index contributed by atoms with van der Waals surface area (Å²) in [6.07, 6.45) is 5.68. The number of hydrogen-bond acceptors (Lipinski definition) is 3. The van der Waals surface area contributed by atoms with Crippen LogP contribution in [-0.4, -0.2) is 9.94 Å². The van der Waals surface area contributed by atoms with Crippen LogP contribution in [0.4, 0.5) is 0 Å². The summed E-state index contributed by atoms with van der Waals surface area (Å²) in [5, 5.41) is 11.0. The second kappa shape index (κ2) is 5.55. The summed E-state index contributed by atoms with van der Waals surface area (Å²) >= 11 is 0. The van der Waals surface area contributed by atoms with Crippen LogP contribution in [0.1, 0.15) is 29.7 Å². The molecule has 0 fully saturated rings. The number of hydrogen-bond donors (Lipinski definition) is 1. The highest BCUT2D eigenvalue weighted by Crippen LogP contribution is 2.35. The van der Waals surface area contributed by atoms with Gasteiger partial charge in [-0.15, -0.1) is 0 Å². The number of benzene rings is 2. The lowest BCUT2D eigenvalue weighted by molar-refractivity contribution is -0.887. The number of aryl methyl sites for hydroxylation is 1. The van der Waals surface area contributed by atoms with Crippen LogP contribution in [0.3, 0.4) is 0 Å². The normalized spacial score (nSPS) is 14.1. The lowest BCUT2D eigenvalue weighted by Gasteiger charge is -2.16. The third-order valence-electron chi connectivity index (χ3n) is 5.04. The maximum atomic E-state index is 9.92. The molecule has 0 radical (unpaired) electrons. The highest BCUT2D eigenvalue weighted by atomic mass is 16.7. The molecule has 0 bridgehead atoms. The minimum Gasteiger partial charge on any atom is -0.409 e. The van der Waals surface area contributed by atoms with Gasteiger partial charge in [-0.2, -0.15) is 4.73 Å². The van der Waals surface area contributed by atoms with Gasteiger partial charge in [-0.05, 0) is 42.9 Å². The molecule has 0 saturated carbocycles. The molecule has 126 valence electrons. The van der Waals surface area contributed by atoms with E-state index in [0.29, 0.717) is 12.1 Å². The molecule has 0 atom stereocenters. The van der Waals surface area contributed by atoms with E-state index < -0.39 is 0 Å². The van der Waals surface area contributed by atoms with Crippen LogP contribution < -0.4 is 9.57 Å². The summed E-state index contributed by atoms with van der Waals surface area (Å²) in [4.78, 5) is 6.21. The molecule has 0 aliphatic heterocycles. The zero-order valence-corrected chi connectivity index (χ0v) is 13.8. The fourth-order valence-electron chi connectivity index (χ4n) is 3.87. The third-order valence-corrected chi connectivity index (χ3v) is 5.04. The Hall–Kier alpha value is -2.95. The highest BCUT2D eigenvalue weighted by Gasteiger charge is 2.27. The molecule has 5 rings (SSSR count). The van der Waals surface area contributed by atoms with Crippen molar-refractivity contribution in [3.63, 3.8) is 0 Å². The molecule has 2 aromatic carbocycles. The van der Waals surface area contributed by atoms with Crippen molar-refractivity contribution in [1.82, 2.24) is 4.73 Å². The molecule has 25 heavy (non-hydrogen) atoms. The number of fused-ring (bicyclic) bond motifs is 5. The number of nitrogens with zero attached hydrogens (tertiary/aromatic N) is 2. The summed E-state index contributed by atoms with van der Waals surface area (Å²) in [6, 6.07) is 14.1. The zero-order chi connectivity index (χ0) is 16.8. The summed E-state index contributed by atoms with van der Waals surface area (Å²) in [5.41, 5.74) is 6.06. The molecule has 0 spiro atoms. The van der Waals surface area contributed by atoms with Gasteiger partial charge in [0.2, 0.25) is 5.58 Å². The Morgan fingerprint density at radius 3 is 2.80 bits per heavy atom. The van der Waals surface area contributed by atoms with E-state index in [1.165, 1.54) is 30.5 Å². The van der Waals surface area contributed by atoms with Gasteiger partial charge < -0.3 is 9.25 Å². The maximum absolute atomic E-state index is 9.92. The van der Waals surface area contributed by atoms with Crippen molar-refractivity contribution < 1.29 is 19.2 Å². The van der Waals surface area contributed by atoms with Gasteiger partial charge in [0, 0.05) is 6.07 Å². The van der Waals surface area contributed by atoms with Gasteiger partial charge in [0.25, 0.3) is 0 Å². The molecule has 0 amide bonds. The van der Waals surface area contributed by atoms with Crippen molar-refractivity contribution in [3.05, 3.63) is 65.7 Å². The van der Waals surface area contributed by atoms with E-state index in [4.69, 9.17) is 9.25 Å². The standard InChI is InChI=1S/C20H19N2O3/c23-21-13-24-20-18(21)11-10-17-19(20)15-8-4-5-9-16(15)22(17)25-12-14-6-2-1-3-7-14/h1-3,6-7,10-11,13,23H,4-5,8-9,12H2/q+1. The minimum atomic E-state index is 0.521. The lowest BCUT2D eigenvalue weighted by Crippen LogP contribution is -2.26. The van der Waals surface area contributed by atoms with E-state index in [1.807, 2.05) is 35.1 Å². The topological polar surface area (TPSA) is 51.4 Å². The molecule has 2 heterocycles. The lowest BCUT2D eigenvalue weighted by atomic mass is 9.95. The van der Waals surface area contributed by atoms with Crippen LogP contribution in [0.5, 0.6) is 0 Å². The Morgan fingerprint density at radius 2 is 1.92 bits per heavy atom. The van der Waals surface area contributed by atoms with Crippen LogP contribution in [0, 0.1) is 0 Å². The predicted molar refractivity (Wildman–Crippen MR) is 92.5 cm³/mol. The summed E-state index contributed by atoms with van der Waals surface area (Å²) in [6.45, 7) is 0.521. The number of oxazole rings is 1. The fourth-order valence-corrected chi connectivity index (χ4v) is 3.87. The van der Waals surface area contributed by atoms with Crippen LogP contribution in [0.25, 0.3) is 22.0 Å². The van der Waals surface area contributed by atoms with E-state index in [1.54, 1.807) is 0 Å². The highest BCUT2D eigenvalue weighted by molar-refractivity contribution is 6.03. The van der Waals surface area contributed by atoms with E-state index >= 15 is 0 Å². The van der Waals surface area contributed by atoms with Crippen LogP contribution in [0.15, 0.2) is 53.3 Å². The van der Waals surface area contributed by atoms with Gasteiger partial charge in [0.15, 0.2) is 0 Å². The Kier molecular flexibility index (Phi) is 3.20. The van der Waals surface area contributed by atoms with Crippen LogP contribution >= 0.6 is 0 Å². The molecular weight excluding hydrogens is 316 g/mol. The smallest absolute Gasteiger partial charge is 0.385 e. The first-order valence-corrected chi connectivity index (χ1v) is 8.67. The Morgan fingerprint density at radius 1 is 1.08 bits per heavy atom. The quantitative estimate of drug-likeness (QED) is 0.461. The van der Waals surface area contributed by atoms with E-state index in [9.17, 15) is 5.21 Å². The van der Waals surface area contributed by atoms with Crippen molar-refractivity contribution in [2.75, 3.05) is 0 Å². The third kappa shape index (κ3) is 2.19. The van der Waals surface area contributed by atoms with Crippen molar-refractivity contribution >= 4 is 22.0 Å². The minimum absolute atomic E-state index is 0.521. The Labute approximate surface area is 144 Å². The average Bonchev–Trinajstić information content (AvgIpc) is 3.19. The molecule has 1 aliphatic carbocycles. The summed E-state index contributed by atoms with van der Waals surface area (Å²) in [7, 11) is 0. The van der Waals surface area contributed by atoms with Gasteiger partial charge in [-0.1, -0.05) is 30.3 Å². The first-order valence-electron chi connectivity index (χ1n) is 8.67. The van der Waals surface area contributed by atoms with Crippen molar-refractivity contribution in [1.29, 1.82) is 0 Å². The van der Waals surface area contributed by atoms with E-state index in [-0.39, 0.29) is 0 Å². The number of aromatic nitrogens is 2. The van der Waals surface area contributed by atoms with Gasteiger partial charge in [0.05, 0.1) is 21.3 Å². The molecule has 0 unspecified atom stereocenters. The number of rotatable bonds is 3. The average molecular weight is 335 g/mol.